The van der Waals surface area contributed by atoms with E-state index in [0.29, 0.717) is 6.04 Å². The lowest BCUT2D eigenvalue weighted by Crippen LogP contribution is -2.19. The Bertz CT molecular complexity index is 262. The van der Waals surface area contributed by atoms with Crippen LogP contribution in [0.25, 0.3) is 0 Å². The van der Waals surface area contributed by atoms with Gasteiger partial charge in [0, 0.05) is 6.07 Å². The summed E-state index contributed by atoms with van der Waals surface area (Å²) >= 11 is 0. The zero-order valence-corrected chi connectivity index (χ0v) is 8.05. The molecule has 3 nitrogen and oxygen atoms in total. The topological polar surface area (TPSA) is 38.1 Å². The van der Waals surface area contributed by atoms with Gasteiger partial charge in [-0.25, -0.2) is 0 Å². The molecule has 2 heterocycles. The molecule has 0 amide bonds. The minimum absolute atomic E-state index is 0.392. The van der Waals surface area contributed by atoms with Crippen molar-refractivity contribution in [3.8, 4) is 0 Å². The third kappa shape index (κ3) is 2.10. The minimum Gasteiger partial charge on any atom is -0.359 e. The van der Waals surface area contributed by atoms with Gasteiger partial charge in [-0.05, 0) is 26.3 Å². The molecule has 1 fully saturated rings. The van der Waals surface area contributed by atoms with E-state index in [1.54, 1.807) is 0 Å². The lowest BCUT2D eigenvalue weighted by atomic mass is 10.1. The minimum atomic E-state index is 0.392. The second kappa shape index (κ2) is 3.92. The summed E-state index contributed by atoms with van der Waals surface area (Å²) in [7, 11) is 0. The fourth-order valence-corrected chi connectivity index (χ4v) is 1.82. The van der Waals surface area contributed by atoms with Crippen molar-refractivity contribution in [1.82, 2.24) is 10.5 Å². The van der Waals surface area contributed by atoms with E-state index in [1.165, 1.54) is 25.7 Å². The van der Waals surface area contributed by atoms with Crippen LogP contribution in [-0.2, 0) is 0 Å². The normalized spacial score (nSPS) is 24.2. The van der Waals surface area contributed by atoms with Crippen LogP contribution in [0.5, 0.6) is 0 Å². The van der Waals surface area contributed by atoms with Gasteiger partial charge in [-0.15, -0.1) is 0 Å². The molecule has 0 aromatic carbocycles. The van der Waals surface area contributed by atoms with Crippen molar-refractivity contribution < 1.29 is 4.52 Å². The Morgan fingerprint density at radius 2 is 2.38 bits per heavy atom. The van der Waals surface area contributed by atoms with Gasteiger partial charge in [0.05, 0.1) is 11.7 Å². The molecular formula is C10H16N2O. The molecule has 3 heteroatoms. The van der Waals surface area contributed by atoms with Gasteiger partial charge < -0.3 is 9.84 Å². The van der Waals surface area contributed by atoms with Crippen molar-refractivity contribution in [3.63, 3.8) is 0 Å². The van der Waals surface area contributed by atoms with Gasteiger partial charge >= 0.3 is 0 Å². The summed E-state index contributed by atoms with van der Waals surface area (Å²) in [5, 5.41) is 7.38. The van der Waals surface area contributed by atoms with E-state index >= 15 is 0 Å². The number of rotatable bonds is 1. The van der Waals surface area contributed by atoms with Crippen LogP contribution >= 0.6 is 0 Å². The summed E-state index contributed by atoms with van der Waals surface area (Å²) in [6.45, 7) is 3.06. The van der Waals surface area contributed by atoms with Crippen LogP contribution in [0, 0.1) is 6.92 Å². The smallest absolute Gasteiger partial charge is 0.153 e. The molecule has 1 saturated heterocycles. The summed E-state index contributed by atoms with van der Waals surface area (Å²) in [6.07, 6.45) is 5.08. The lowest BCUT2D eigenvalue weighted by Gasteiger charge is -2.10. The highest BCUT2D eigenvalue weighted by atomic mass is 16.5. The van der Waals surface area contributed by atoms with E-state index in [2.05, 4.69) is 10.5 Å². The highest BCUT2D eigenvalue weighted by Crippen LogP contribution is 2.22. The summed E-state index contributed by atoms with van der Waals surface area (Å²) in [4.78, 5) is 0. The number of hydrogen-bond acceptors (Lipinski definition) is 3. The predicted molar refractivity (Wildman–Crippen MR) is 50.5 cm³/mol. The van der Waals surface area contributed by atoms with E-state index < -0.39 is 0 Å². The second-order valence-electron chi connectivity index (χ2n) is 3.73. The first kappa shape index (κ1) is 8.75. The van der Waals surface area contributed by atoms with Crippen molar-refractivity contribution in [1.29, 1.82) is 0 Å². The Morgan fingerprint density at radius 1 is 1.46 bits per heavy atom. The number of aromatic nitrogens is 1. The quantitative estimate of drug-likeness (QED) is 0.720. The van der Waals surface area contributed by atoms with Crippen LogP contribution < -0.4 is 5.32 Å². The molecule has 0 unspecified atom stereocenters. The van der Waals surface area contributed by atoms with E-state index in [-0.39, 0.29) is 0 Å². The molecule has 0 radical (unpaired) electrons. The van der Waals surface area contributed by atoms with Crippen LogP contribution in [0.4, 0.5) is 0 Å². The molecule has 1 aromatic heterocycles. The maximum Gasteiger partial charge on any atom is 0.153 e. The van der Waals surface area contributed by atoms with Gasteiger partial charge in [-0.1, -0.05) is 18.0 Å². The Kier molecular flexibility index (Phi) is 2.64. The van der Waals surface area contributed by atoms with Crippen molar-refractivity contribution in [3.05, 3.63) is 17.5 Å². The fourth-order valence-electron chi connectivity index (χ4n) is 1.82. The van der Waals surface area contributed by atoms with Crippen molar-refractivity contribution in [2.24, 2.45) is 0 Å². The highest BCUT2D eigenvalue weighted by molar-refractivity contribution is 5.07. The van der Waals surface area contributed by atoms with Gasteiger partial charge in [0.1, 0.15) is 0 Å². The molecule has 13 heavy (non-hydrogen) atoms. The zero-order chi connectivity index (χ0) is 9.10. The molecule has 1 N–H and O–H groups in total. The largest absolute Gasteiger partial charge is 0.359 e. The molecule has 0 spiro atoms. The molecule has 1 aliphatic rings. The van der Waals surface area contributed by atoms with Crippen molar-refractivity contribution in [2.75, 3.05) is 6.54 Å². The Labute approximate surface area is 78.5 Å². The van der Waals surface area contributed by atoms with Crippen LogP contribution in [0.3, 0.4) is 0 Å². The van der Waals surface area contributed by atoms with Crippen molar-refractivity contribution >= 4 is 0 Å². The third-order valence-corrected chi connectivity index (χ3v) is 2.55. The average molecular weight is 180 g/mol. The maximum absolute atomic E-state index is 5.25. The SMILES string of the molecule is Cc1cc([C@@H]2CCCCCN2)on1. The molecule has 1 aromatic rings. The van der Waals surface area contributed by atoms with Crippen LogP contribution in [-0.4, -0.2) is 11.7 Å². The van der Waals surface area contributed by atoms with Gasteiger partial charge in [0.25, 0.3) is 0 Å². The molecule has 72 valence electrons. The fraction of sp³-hybridized carbons (Fsp3) is 0.700. The molecule has 2 rings (SSSR count). The van der Waals surface area contributed by atoms with Gasteiger partial charge in [0.15, 0.2) is 5.76 Å². The molecule has 1 atom stereocenters. The molecule has 0 saturated carbocycles. The monoisotopic (exact) mass is 180 g/mol. The summed E-state index contributed by atoms with van der Waals surface area (Å²) < 4.78 is 5.25. The summed E-state index contributed by atoms with van der Waals surface area (Å²) in [5.41, 5.74) is 0.973. The number of aryl methyl sites for hydroxylation is 1. The number of nitrogens with zero attached hydrogens (tertiary/aromatic N) is 1. The Balaban J connectivity index is 2.06. The average Bonchev–Trinajstić information content (AvgIpc) is 2.43. The van der Waals surface area contributed by atoms with E-state index in [4.69, 9.17) is 4.52 Å². The lowest BCUT2D eigenvalue weighted by molar-refractivity contribution is 0.332. The van der Waals surface area contributed by atoms with Crippen LogP contribution in [0.2, 0.25) is 0 Å². The predicted octanol–water partition coefficient (Wildman–Crippen LogP) is 2.19. The Morgan fingerprint density at radius 3 is 3.15 bits per heavy atom. The van der Waals surface area contributed by atoms with Gasteiger partial charge in [0.2, 0.25) is 0 Å². The Hall–Kier alpha value is -0.830. The summed E-state index contributed by atoms with van der Waals surface area (Å²) in [6, 6.07) is 2.42. The van der Waals surface area contributed by atoms with Gasteiger partial charge in [-0.2, -0.15) is 0 Å². The summed E-state index contributed by atoms with van der Waals surface area (Å²) in [5.74, 6) is 0.999. The van der Waals surface area contributed by atoms with E-state index in [9.17, 15) is 0 Å². The standard InChI is InChI=1S/C10H16N2O/c1-8-7-10(13-12-8)9-5-3-2-4-6-11-9/h7,9,11H,2-6H2,1H3/t9-/m0/s1. The van der Waals surface area contributed by atoms with Crippen LogP contribution in [0.15, 0.2) is 10.6 Å². The van der Waals surface area contributed by atoms with E-state index in [1.807, 2.05) is 13.0 Å². The van der Waals surface area contributed by atoms with Gasteiger partial charge in [-0.3, -0.25) is 0 Å². The molecule has 1 aliphatic heterocycles. The number of hydrogen-bond donors (Lipinski definition) is 1. The first-order valence-corrected chi connectivity index (χ1v) is 5.03. The third-order valence-electron chi connectivity index (χ3n) is 2.55. The number of nitrogens with one attached hydrogen (secondary N) is 1. The first-order chi connectivity index (χ1) is 6.36. The first-order valence-electron chi connectivity index (χ1n) is 5.03. The van der Waals surface area contributed by atoms with Crippen molar-refractivity contribution in [2.45, 2.75) is 38.6 Å². The molecular weight excluding hydrogens is 164 g/mol. The zero-order valence-electron chi connectivity index (χ0n) is 8.05. The molecule has 0 aliphatic carbocycles. The van der Waals surface area contributed by atoms with E-state index in [0.717, 1.165) is 18.0 Å². The second-order valence-corrected chi connectivity index (χ2v) is 3.73. The molecule has 0 bridgehead atoms. The van der Waals surface area contributed by atoms with Crippen LogP contribution in [0.1, 0.15) is 43.2 Å². The maximum atomic E-state index is 5.25. The highest BCUT2D eigenvalue weighted by Gasteiger charge is 2.17.